The second-order valence-electron chi connectivity index (χ2n) is 3.45. The van der Waals surface area contributed by atoms with Crippen LogP contribution in [0.2, 0.25) is 0 Å². The van der Waals surface area contributed by atoms with Gasteiger partial charge in [-0.2, -0.15) is 0 Å². The Morgan fingerprint density at radius 2 is 1.71 bits per heavy atom. The molecular formula is C6H15NO5S2. The maximum atomic E-state index is 11.0. The normalized spacial score (nSPS) is 13.4. The molecule has 0 unspecified atom stereocenters. The van der Waals surface area contributed by atoms with Crippen molar-refractivity contribution in [3.8, 4) is 0 Å². The summed E-state index contributed by atoms with van der Waals surface area (Å²) in [5.41, 5.74) is 0. The van der Waals surface area contributed by atoms with Crippen molar-refractivity contribution in [3.63, 3.8) is 0 Å². The van der Waals surface area contributed by atoms with E-state index in [1.807, 2.05) is 13.8 Å². The molecule has 0 bridgehead atoms. The molecule has 86 valence electrons. The molecule has 0 aliphatic carbocycles. The van der Waals surface area contributed by atoms with Crippen LogP contribution in [0, 0.1) is 5.92 Å². The van der Waals surface area contributed by atoms with Crippen LogP contribution in [-0.2, 0) is 24.7 Å². The zero-order valence-electron chi connectivity index (χ0n) is 8.35. The van der Waals surface area contributed by atoms with Gasteiger partial charge in [0.2, 0.25) is 10.0 Å². The van der Waals surface area contributed by atoms with Crippen LogP contribution < -0.4 is 4.89 Å². The SMILES string of the molecule is CC(C)CONS(=O)(=O)CS(C)(=O)=O. The maximum Gasteiger partial charge on any atom is 0.247 e. The molecule has 0 rings (SSSR count). The molecule has 0 radical (unpaired) electrons. The van der Waals surface area contributed by atoms with Gasteiger partial charge in [0.05, 0.1) is 6.61 Å². The molecule has 6 nitrogen and oxygen atoms in total. The van der Waals surface area contributed by atoms with E-state index in [0.717, 1.165) is 6.26 Å². The summed E-state index contributed by atoms with van der Waals surface area (Å²) in [6, 6.07) is 0. The van der Waals surface area contributed by atoms with Gasteiger partial charge in [0.1, 0.15) is 0 Å². The molecule has 0 aromatic carbocycles. The zero-order chi connectivity index (χ0) is 11.4. The van der Waals surface area contributed by atoms with E-state index in [2.05, 4.69) is 4.84 Å². The Morgan fingerprint density at radius 3 is 2.07 bits per heavy atom. The van der Waals surface area contributed by atoms with E-state index >= 15 is 0 Å². The summed E-state index contributed by atoms with van der Waals surface area (Å²) in [5.74, 6) is 0.163. The lowest BCUT2D eigenvalue weighted by molar-refractivity contribution is 0.0722. The molecule has 0 aromatic rings. The molecule has 8 heteroatoms. The van der Waals surface area contributed by atoms with E-state index in [-0.39, 0.29) is 12.5 Å². The minimum absolute atomic E-state index is 0.163. The summed E-state index contributed by atoms with van der Waals surface area (Å²) in [4.78, 5) is 6.34. The molecule has 0 heterocycles. The van der Waals surface area contributed by atoms with E-state index < -0.39 is 24.9 Å². The molecule has 0 aliphatic rings. The quantitative estimate of drug-likeness (QED) is 0.637. The second kappa shape index (κ2) is 5.06. The first kappa shape index (κ1) is 13.8. The Kier molecular flexibility index (Phi) is 4.99. The smallest absolute Gasteiger partial charge is 0.247 e. The first-order valence-corrected chi connectivity index (χ1v) is 7.62. The van der Waals surface area contributed by atoms with Gasteiger partial charge < -0.3 is 0 Å². The van der Waals surface area contributed by atoms with Crippen LogP contribution in [0.25, 0.3) is 0 Å². The molecule has 0 aliphatic heterocycles. The van der Waals surface area contributed by atoms with Crippen molar-refractivity contribution in [2.45, 2.75) is 13.8 Å². The third-order valence-electron chi connectivity index (χ3n) is 0.972. The van der Waals surface area contributed by atoms with E-state index in [1.165, 1.54) is 0 Å². The Balaban J connectivity index is 4.11. The van der Waals surface area contributed by atoms with Crippen molar-refractivity contribution in [1.29, 1.82) is 0 Å². The zero-order valence-corrected chi connectivity index (χ0v) is 9.98. The lowest BCUT2D eigenvalue weighted by atomic mass is 10.2. The average molecular weight is 245 g/mol. The molecule has 0 saturated heterocycles. The number of sulfone groups is 1. The molecule has 0 atom stereocenters. The van der Waals surface area contributed by atoms with Crippen LogP contribution in [0.3, 0.4) is 0 Å². The van der Waals surface area contributed by atoms with Crippen molar-refractivity contribution < 1.29 is 21.7 Å². The highest BCUT2D eigenvalue weighted by molar-refractivity contribution is 8.06. The van der Waals surface area contributed by atoms with E-state index in [1.54, 1.807) is 4.89 Å². The molecule has 0 fully saturated rings. The number of hydrogen-bond acceptors (Lipinski definition) is 5. The lowest BCUT2D eigenvalue weighted by Crippen LogP contribution is -2.31. The summed E-state index contributed by atoms with van der Waals surface area (Å²) in [7, 11) is -7.46. The number of rotatable bonds is 6. The van der Waals surface area contributed by atoms with Crippen LogP contribution in [0.4, 0.5) is 0 Å². The summed E-state index contributed by atoms with van der Waals surface area (Å²) in [6.07, 6.45) is 0.842. The van der Waals surface area contributed by atoms with Crippen molar-refractivity contribution in [3.05, 3.63) is 0 Å². The van der Waals surface area contributed by atoms with Crippen LogP contribution in [0.1, 0.15) is 13.8 Å². The van der Waals surface area contributed by atoms with Gasteiger partial charge in [-0.3, -0.25) is 4.84 Å². The molecule has 0 aromatic heterocycles. The maximum absolute atomic E-state index is 11.0. The van der Waals surface area contributed by atoms with Gasteiger partial charge in [-0.15, -0.1) is 0 Å². The second-order valence-corrected chi connectivity index (χ2v) is 7.64. The van der Waals surface area contributed by atoms with Crippen LogP contribution in [0.15, 0.2) is 0 Å². The highest BCUT2D eigenvalue weighted by atomic mass is 32.3. The Hall–Kier alpha value is -0.180. The van der Waals surface area contributed by atoms with Crippen molar-refractivity contribution in [2.24, 2.45) is 5.92 Å². The van der Waals surface area contributed by atoms with Gasteiger partial charge in [-0.1, -0.05) is 18.7 Å². The third-order valence-corrected chi connectivity index (χ3v) is 4.30. The van der Waals surface area contributed by atoms with E-state index in [9.17, 15) is 16.8 Å². The van der Waals surface area contributed by atoms with Gasteiger partial charge >= 0.3 is 0 Å². The van der Waals surface area contributed by atoms with Gasteiger partial charge in [-0.05, 0) is 5.92 Å². The molecule has 0 amide bonds. The minimum Gasteiger partial charge on any atom is -0.287 e. The largest absolute Gasteiger partial charge is 0.287 e. The lowest BCUT2D eigenvalue weighted by Gasteiger charge is -2.07. The predicted octanol–water partition coefficient (Wildman–Crippen LogP) is -0.504. The molecule has 0 spiro atoms. The highest BCUT2D eigenvalue weighted by Gasteiger charge is 2.17. The third kappa shape index (κ3) is 8.42. The van der Waals surface area contributed by atoms with Gasteiger partial charge in [0.25, 0.3) is 0 Å². The molecule has 1 N–H and O–H groups in total. The van der Waals surface area contributed by atoms with E-state index in [4.69, 9.17) is 0 Å². The Morgan fingerprint density at radius 1 is 1.21 bits per heavy atom. The minimum atomic E-state index is -3.90. The van der Waals surface area contributed by atoms with Crippen LogP contribution in [0.5, 0.6) is 0 Å². The summed E-state index contributed by atoms with van der Waals surface area (Å²) in [6.45, 7) is 3.87. The number of nitrogens with one attached hydrogen (secondary N) is 1. The molecule has 14 heavy (non-hydrogen) atoms. The Labute approximate surface area is 84.6 Å². The first-order valence-electron chi connectivity index (χ1n) is 3.91. The van der Waals surface area contributed by atoms with Crippen molar-refractivity contribution in [1.82, 2.24) is 4.89 Å². The molecular weight excluding hydrogens is 230 g/mol. The van der Waals surface area contributed by atoms with Gasteiger partial charge in [-0.25, -0.2) is 16.8 Å². The van der Waals surface area contributed by atoms with Crippen LogP contribution in [-0.4, -0.2) is 34.8 Å². The average Bonchev–Trinajstić information content (AvgIpc) is 1.78. The summed E-state index contributed by atoms with van der Waals surface area (Å²) >= 11 is 0. The van der Waals surface area contributed by atoms with Crippen molar-refractivity contribution >= 4 is 19.9 Å². The monoisotopic (exact) mass is 245 g/mol. The van der Waals surface area contributed by atoms with Gasteiger partial charge in [0.15, 0.2) is 14.9 Å². The van der Waals surface area contributed by atoms with Crippen LogP contribution >= 0.6 is 0 Å². The number of hydrogen-bond donors (Lipinski definition) is 1. The predicted molar refractivity (Wildman–Crippen MR) is 52.6 cm³/mol. The standard InChI is InChI=1S/C6H15NO5S2/c1-6(2)4-12-7-14(10,11)5-13(3,8)9/h6-7H,4-5H2,1-3H3. The van der Waals surface area contributed by atoms with Crippen molar-refractivity contribution in [2.75, 3.05) is 17.9 Å². The molecule has 0 saturated carbocycles. The summed E-state index contributed by atoms with van der Waals surface area (Å²) < 4.78 is 43.4. The first-order chi connectivity index (χ1) is 6.12. The number of sulfonamides is 1. The highest BCUT2D eigenvalue weighted by Crippen LogP contribution is 1.94. The Bertz CT molecular complexity index is 356. The fraction of sp³-hybridized carbons (Fsp3) is 1.00. The van der Waals surface area contributed by atoms with Gasteiger partial charge in [0, 0.05) is 6.26 Å². The fourth-order valence-electron chi connectivity index (χ4n) is 0.596. The topological polar surface area (TPSA) is 89.5 Å². The van der Waals surface area contributed by atoms with E-state index in [0.29, 0.717) is 0 Å². The summed E-state index contributed by atoms with van der Waals surface area (Å²) in [5, 5.41) is -0.960. The fourth-order valence-corrected chi connectivity index (χ4v) is 3.29.